The van der Waals surface area contributed by atoms with Gasteiger partial charge in [0.2, 0.25) is 5.91 Å². The first-order valence-electron chi connectivity index (χ1n) is 3.83. The van der Waals surface area contributed by atoms with Gasteiger partial charge in [0.15, 0.2) is 0 Å². The Hall–Kier alpha value is -0.740. The first-order valence-corrected chi connectivity index (χ1v) is 5.06. The van der Waals surface area contributed by atoms with Crippen LogP contribution in [0.15, 0.2) is 22.7 Å². The van der Waals surface area contributed by atoms with Crippen molar-refractivity contribution in [1.82, 2.24) is 0 Å². The summed E-state index contributed by atoms with van der Waals surface area (Å²) in [5, 5.41) is -0.808. The van der Waals surface area contributed by atoms with Crippen molar-refractivity contribution in [3.63, 3.8) is 0 Å². The van der Waals surface area contributed by atoms with Gasteiger partial charge in [0, 0.05) is 0 Å². The Morgan fingerprint density at radius 1 is 1.64 bits per heavy atom. The van der Waals surface area contributed by atoms with Crippen LogP contribution in [0.3, 0.4) is 0 Å². The van der Waals surface area contributed by atoms with Crippen LogP contribution >= 0.6 is 27.5 Å². The number of amides is 1. The third-order valence-electron chi connectivity index (χ3n) is 1.72. The molecule has 1 aromatic carbocycles. The summed E-state index contributed by atoms with van der Waals surface area (Å²) in [6.45, 7) is 0. The highest BCUT2D eigenvalue weighted by Crippen LogP contribution is 2.30. The number of ether oxygens (including phenoxy) is 1. The van der Waals surface area contributed by atoms with Crippen LogP contribution in [0.5, 0.6) is 5.75 Å². The summed E-state index contributed by atoms with van der Waals surface area (Å²) in [6.07, 6.45) is 0. The minimum Gasteiger partial charge on any atom is -0.496 e. The van der Waals surface area contributed by atoms with Gasteiger partial charge in [-0.3, -0.25) is 4.79 Å². The number of alkyl halides is 1. The normalized spacial score (nSPS) is 12.2. The lowest BCUT2D eigenvalue weighted by atomic mass is 10.1. The zero-order valence-electron chi connectivity index (χ0n) is 7.46. The average Bonchev–Trinajstić information content (AvgIpc) is 2.16. The van der Waals surface area contributed by atoms with E-state index in [0.717, 1.165) is 4.47 Å². The third-order valence-corrected chi connectivity index (χ3v) is 2.81. The van der Waals surface area contributed by atoms with Gasteiger partial charge in [-0.15, -0.1) is 11.6 Å². The summed E-state index contributed by atoms with van der Waals surface area (Å²) in [6, 6.07) is 5.13. The summed E-state index contributed by atoms with van der Waals surface area (Å²) in [5.41, 5.74) is 5.72. The SMILES string of the molecule is COc1ccc(C(Cl)C(N)=O)cc1Br. The summed E-state index contributed by atoms with van der Waals surface area (Å²) < 4.78 is 5.77. The number of primary amides is 1. The van der Waals surface area contributed by atoms with Crippen molar-refractivity contribution < 1.29 is 9.53 Å². The highest BCUT2D eigenvalue weighted by atomic mass is 79.9. The predicted molar refractivity (Wildman–Crippen MR) is 58.5 cm³/mol. The Morgan fingerprint density at radius 2 is 2.29 bits per heavy atom. The lowest BCUT2D eigenvalue weighted by Gasteiger charge is -2.08. The van der Waals surface area contributed by atoms with Gasteiger partial charge in [0.1, 0.15) is 11.1 Å². The summed E-state index contributed by atoms with van der Waals surface area (Å²) >= 11 is 9.06. The van der Waals surface area contributed by atoms with Crippen molar-refractivity contribution in [3.8, 4) is 5.75 Å². The molecule has 1 atom stereocenters. The molecule has 0 radical (unpaired) electrons. The molecule has 1 rings (SSSR count). The van der Waals surface area contributed by atoms with Gasteiger partial charge in [-0.05, 0) is 33.6 Å². The molecule has 14 heavy (non-hydrogen) atoms. The van der Waals surface area contributed by atoms with E-state index in [1.54, 1.807) is 25.3 Å². The zero-order chi connectivity index (χ0) is 10.7. The van der Waals surface area contributed by atoms with E-state index in [1.807, 2.05) is 0 Å². The molecule has 0 saturated heterocycles. The number of hydrogen-bond donors (Lipinski definition) is 1. The third kappa shape index (κ3) is 2.39. The highest BCUT2D eigenvalue weighted by Gasteiger charge is 2.15. The summed E-state index contributed by atoms with van der Waals surface area (Å²) in [4.78, 5) is 10.8. The van der Waals surface area contributed by atoms with Gasteiger partial charge in [0.05, 0.1) is 11.6 Å². The molecular weight excluding hydrogens is 269 g/mol. The molecule has 0 saturated carbocycles. The second kappa shape index (κ2) is 4.66. The first kappa shape index (κ1) is 11.3. The average molecular weight is 279 g/mol. The maximum atomic E-state index is 10.8. The number of nitrogens with two attached hydrogens (primary N) is 1. The minimum absolute atomic E-state index is 0.566. The van der Waals surface area contributed by atoms with E-state index in [4.69, 9.17) is 22.1 Å². The maximum absolute atomic E-state index is 10.8. The molecule has 0 fully saturated rings. The topological polar surface area (TPSA) is 52.3 Å². The van der Waals surface area contributed by atoms with Gasteiger partial charge in [-0.1, -0.05) is 6.07 Å². The number of benzene rings is 1. The smallest absolute Gasteiger partial charge is 0.240 e. The monoisotopic (exact) mass is 277 g/mol. The number of methoxy groups -OCH3 is 1. The van der Waals surface area contributed by atoms with Gasteiger partial charge < -0.3 is 10.5 Å². The van der Waals surface area contributed by atoms with E-state index < -0.39 is 11.3 Å². The molecule has 0 bridgehead atoms. The van der Waals surface area contributed by atoms with Crippen molar-refractivity contribution in [2.24, 2.45) is 5.73 Å². The molecule has 0 aromatic heterocycles. The Labute approximate surface area is 95.3 Å². The van der Waals surface area contributed by atoms with Crippen LogP contribution in [-0.2, 0) is 4.79 Å². The number of halogens is 2. The number of rotatable bonds is 3. The Bertz CT molecular complexity index is 357. The number of carbonyl (C=O) groups excluding carboxylic acids is 1. The zero-order valence-corrected chi connectivity index (χ0v) is 9.80. The predicted octanol–water partition coefficient (Wildman–Crippen LogP) is 2.22. The van der Waals surface area contributed by atoms with Crippen LogP contribution in [0.1, 0.15) is 10.9 Å². The standard InChI is InChI=1S/C9H9BrClNO2/c1-14-7-3-2-5(4-6(7)10)8(11)9(12)13/h2-4,8H,1H3,(H2,12,13). The highest BCUT2D eigenvalue weighted by molar-refractivity contribution is 9.10. The largest absolute Gasteiger partial charge is 0.496 e. The molecule has 5 heteroatoms. The minimum atomic E-state index is -0.808. The molecule has 0 spiro atoms. The number of hydrogen-bond acceptors (Lipinski definition) is 2. The molecule has 0 heterocycles. The van der Waals surface area contributed by atoms with Gasteiger partial charge in [-0.25, -0.2) is 0 Å². The summed E-state index contributed by atoms with van der Waals surface area (Å²) in [7, 11) is 1.56. The van der Waals surface area contributed by atoms with Crippen LogP contribution in [0.2, 0.25) is 0 Å². The molecule has 76 valence electrons. The maximum Gasteiger partial charge on any atom is 0.240 e. The molecule has 0 aliphatic heterocycles. The van der Waals surface area contributed by atoms with Crippen molar-refractivity contribution in [1.29, 1.82) is 0 Å². The fourth-order valence-corrected chi connectivity index (χ4v) is 1.70. The molecule has 3 nitrogen and oxygen atoms in total. The van der Waals surface area contributed by atoms with Gasteiger partial charge >= 0.3 is 0 Å². The fourth-order valence-electron chi connectivity index (χ4n) is 1.00. The van der Waals surface area contributed by atoms with E-state index in [2.05, 4.69) is 15.9 Å². The molecule has 1 amide bonds. The van der Waals surface area contributed by atoms with Crippen LogP contribution in [0.25, 0.3) is 0 Å². The van der Waals surface area contributed by atoms with Crippen LogP contribution in [0, 0.1) is 0 Å². The lowest BCUT2D eigenvalue weighted by Crippen LogP contribution is -2.16. The Balaban J connectivity index is 3.02. The molecule has 0 aliphatic rings. The van der Waals surface area contributed by atoms with Crippen molar-refractivity contribution in [3.05, 3.63) is 28.2 Å². The lowest BCUT2D eigenvalue weighted by molar-refractivity contribution is -0.117. The van der Waals surface area contributed by atoms with Crippen molar-refractivity contribution in [2.75, 3.05) is 7.11 Å². The van der Waals surface area contributed by atoms with Crippen LogP contribution in [0.4, 0.5) is 0 Å². The van der Waals surface area contributed by atoms with E-state index >= 15 is 0 Å². The second-order valence-electron chi connectivity index (χ2n) is 2.66. The van der Waals surface area contributed by atoms with Crippen molar-refractivity contribution >= 4 is 33.4 Å². The fraction of sp³-hybridized carbons (Fsp3) is 0.222. The molecule has 0 aliphatic carbocycles. The first-order chi connectivity index (χ1) is 6.56. The van der Waals surface area contributed by atoms with Crippen LogP contribution < -0.4 is 10.5 Å². The van der Waals surface area contributed by atoms with Crippen molar-refractivity contribution in [2.45, 2.75) is 5.38 Å². The molecule has 1 unspecified atom stereocenters. The molecule has 1 aromatic rings. The summed E-state index contributed by atoms with van der Waals surface area (Å²) in [5.74, 6) is 0.117. The van der Waals surface area contributed by atoms with E-state index in [1.165, 1.54) is 0 Å². The van der Waals surface area contributed by atoms with Crippen LogP contribution in [-0.4, -0.2) is 13.0 Å². The molecule has 2 N–H and O–H groups in total. The van der Waals surface area contributed by atoms with E-state index in [0.29, 0.717) is 11.3 Å². The Morgan fingerprint density at radius 3 is 2.71 bits per heavy atom. The molecular formula is C9H9BrClNO2. The Kier molecular flexibility index (Phi) is 3.77. The van der Waals surface area contributed by atoms with E-state index in [9.17, 15) is 4.79 Å². The van der Waals surface area contributed by atoms with E-state index in [-0.39, 0.29) is 0 Å². The quantitative estimate of drug-likeness (QED) is 0.862. The van der Waals surface area contributed by atoms with Gasteiger partial charge in [-0.2, -0.15) is 0 Å². The second-order valence-corrected chi connectivity index (χ2v) is 3.95. The number of carbonyl (C=O) groups is 1. The van der Waals surface area contributed by atoms with Gasteiger partial charge in [0.25, 0.3) is 0 Å².